The van der Waals surface area contributed by atoms with Gasteiger partial charge < -0.3 is 10.6 Å². The van der Waals surface area contributed by atoms with Crippen LogP contribution in [-0.2, 0) is 9.59 Å². The number of rotatable bonds is 6. The van der Waals surface area contributed by atoms with Crippen LogP contribution in [-0.4, -0.2) is 17.9 Å². The van der Waals surface area contributed by atoms with Crippen LogP contribution in [0.4, 0.5) is 8.78 Å². The maximum atomic E-state index is 13.7. The lowest BCUT2D eigenvalue weighted by molar-refractivity contribution is -0.126. The molecule has 1 aromatic rings. The molecule has 24 heavy (non-hydrogen) atoms. The molecule has 0 radical (unpaired) electrons. The van der Waals surface area contributed by atoms with Gasteiger partial charge in [-0.15, -0.1) is 0 Å². The summed E-state index contributed by atoms with van der Waals surface area (Å²) in [6, 6.07) is 2.41. The quantitative estimate of drug-likeness (QED) is 0.837. The lowest BCUT2D eigenvalue weighted by Gasteiger charge is -2.19. The Bertz CT molecular complexity index is 601. The summed E-state index contributed by atoms with van der Waals surface area (Å²) in [5, 5.41) is 5.54. The van der Waals surface area contributed by atoms with Crippen molar-refractivity contribution in [2.24, 2.45) is 5.92 Å². The highest BCUT2D eigenvalue weighted by Crippen LogP contribution is 2.24. The second kappa shape index (κ2) is 8.22. The smallest absolute Gasteiger partial charge is 0.223 e. The summed E-state index contributed by atoms with van der Waals surface area (Å²) >= 11 is 0. The van der Waals surface area contributed by atoms with Crippen molar-refractivity contribution in [3.8, 4) is 0 Å². The molecule has 2 N–H and O–H groups in total. The molecule has 4 nitrogen and oxygen atoms in total. The molecular formula is C18H24F2N2O2. The van der Waals surface area contributed by atoms with Gasteiger partial charge in [0.15, 0.2) is 0 Å². The third-order valence-electron chi connectivity index (χ3n) is 4.41. The predicted octanol–water partition coefficient (Wildman–Crippen LogP) is 3.23. The minimum atomic E-state index is -0.689. The second-order valence-corrected chi connectivity index (χ2v) is 6.55. The molecule has 0 spiro atoms. The topological polar surface area (TPSA) is 58.2 Å². The number of hydrogen-bond acceptors (Lipinski definition) is 2. The maximum Gasteiger partial charge on any atom is 0.223 e. The van der Waals surface area contributed by atoms with E-state index in [0.29, 0.717) is 0 Å². The van der Waals surface area contributed by atoms with Crippen molar-refractivity contribution in [3.05, 3.63) is 35.4 Å². The number of hydrogen-bond donors (Lipinski definition) is 2. The standard InChI is InChI=1S/C18H24F2N2O2/c1-11(21-18(24)13-5-3-4-6-13)9-17(23)22-12(2)15-8-7-14(19)10-16(15)20/h7-8,10-13H,3-6,9H2,1-2H3,(H,21,24)(H,22,23). The molecule has 0 saturated heterocycles. The summed E-state index contributed by atoms with van der Waals surface area (Å²) in [5.41, 5.74) is 0.229. The Morgan fingerprint density at radius 1 is 1.17 bits per heavy atom. The van der Waals surface area contributed by atoms with Gasteiger partial charge in [0.2, 0.25) is 11.8 Å². The molecule has 2 atom stereocenters. The van der Waals surface area contributed by atoms with Crippen molar-refractivity contribution in [2.45, 2.75) is 58.0 Å². The summed E-state index contributed by atoms with van der Waals surface area (Å²) in [5.74, 6) is -1.57. The SMILES string of the molecule is CC(CC(=O)NC(C)c1ccc(F)cc1F)NC(=O)C1CCCC1. The average Bonchev–Trinajstić information content (AvgIpc) is 3.00. The van der Waals surface area contributed by atoms with E-state index in [4.69, 9.17) is 0 Å². The molecule has 1 aromatic carbocycles. The first-order valence-corrected chi connectivity index (χ1v) is 8.41. The first-order chi connectivity index (χ1) is 11.4. The third-order valence-corrected chi connectivity index (χ3v) is 4.41. The summed E-state index contributed by atoms with van der Waals surface area (Å²) in [6.07, 6.45) is 4.09. The Hall–Kier alpha value is -1.98. The summed E-state index contributed by atoms with van der Waals surface area (Å²) in [7, 11) is 0. The van der Waals surface area contributed by atoms with E-state index >= 15 is 0 Å². The minimum absolute atomic E-state index is 0.00503. The van der Waals surface area contributed by atoms with Gasteiger partial charge in [-0.3, -0.25) is 9.59 Å². The van der Waals surface area contributed by atoms with Crippen molar-refractivity contribution < 1.29 is 18.4 Å². The maximum absolute atomic E-state index is 13.7. The van der Waals surface area contributed by atoms with Crippen LogP contribution in [0, 0.1) is 17.6 Å². The molecule has 1 aliphatic carbocycles. The first-order valence-electron chi connectivity index (χ1n) is 8.41. The molecule has 1 saturated carbocycles. The van der Waals surface area contributed by atoms with E-state index in [0.717, 1.165) is 37.8 Å². The van der Waals surface area contributed by atoms with Gasteiger partial charge in [-0.25, -0.2) is 8.78 Å². The van der Waals surface area contributed by atoms with Gasteiger partial charge in [0.1, 0.15) is 11.6 Å². The number of carbonyl (C=O) groups excluding carboxylic acids is 2. The first kappa shape index (κ1) is 18.4. The van der Waals surface area contributed by atoms with E-state index in [9.17, 15) is 18.4 Å². The molecule has 1 fully saturated rings. The number of amides is 2. The van der Waals surface area contributed by atoms with E-state index in [1.807, 2.05) is 0 Å². The van der Waals surface area contributed by atoms with Crippen molar-refractivity contribution in [3.63, 3.8) is 0 Å². The highest BCUT2D eigenvalue weighted by Gasteiger charge is 2.24. The zero-order chi connectivity index (χ0) is 17.7. The molecule has 1 aliphatic rings. The van der Waals surface area contributed by atoms with Gasteiger partial charge in [0.25, 0.3) is 0 Å². The van der Waals surface area contributed by atoms with Gasteiger partial charge in [-0.2, -0.15) is 0 Å². The van der Waals surface area contributed by atoms with Crippen LogP contribution >= 0.6 is 0 Å². The lowest BCUT2D eigenvalue weighted by atomic mass is 10.1. The third kappa shape index (κ3) is 5.01. The Morgan fingerprint density at radius 2 is 1.83 bits per heavy atom. The molecule has 0 aromatic heterocycles. The number of nitrogens with one attached hydrogen (secondary N) is 2. The van der Waals surface area contributed by atoms with E-state index in [2.05, 4.69) is 10.6 Å². The van der Waals surface area contributed by atoms with Crippen LogP contribution in [0.5, 0.6) is 0 Å². The molecule has 2 unspecified atom stereocenters. The number of carbonyl (C=O) groups is 2. The van der Waals surface area contributed by atoms with Gasteiger partial charge in [-0.05, 0) is 32.8 Å². The summed E-state index contributed by atoms with van der Waals surface area (Å²) in [6.45, 7) is 3.41. The Balaban J connectivity index is 1.82. The van der Waals surface area contributed by atoms with E-state index in [-0.39, 0.29) is 35.8 Å². The van der Waals surface area contributed by atoms with Gasteiger partial charge in [0.05, 0.1) is 6.04 Å². The predicted molar refractivity (Wildman–Crippen MR) is 87.1 cm³/mol. The fraction of sp³-hybridized carbons (Fsp3) is 0.556. The van der Waals surface area contributed by atoms with Crippen molar-refractivity contribution in [1.82, 2.24) is 10.6 Å². The van der Waals surface area contributed by atoms with Crippen LogP contribution in [0.15, 0.2) is 18.2 Å². The van der Waals surface area contributed by atoms with Crippen molar-refractivity contribution >= 4 is 11.8 Å². The Morgan fingerprint density at radius 3 is 2.46 bits per heavy atom. The molecule has 6 heteroatoms. The Labute approximate surface area is 141 Å². The van der Waals surface area contributed by atoms with E-state index in [1.54, 1.807) is 13.8 Å². The number of halogens is 2. The van der Waals surface area contributed by atoms with Crippen LogP contribution in [0.3, 0.4) is 0 Å². The normalized spacial score (nSPS) is 17.3. The lowest BCUT2D eigenvalue weighted by Crippen LogP contribution is -2.40. The summed E-state index contributed by atoms with van der Waals surface area (Å²) in [4.78, 5) is 24.1. The van der Waals surface area contributed by atoms with Crippen LogP contribution in [0.1, 0.15) is 57.6 Å². The molecule has 0 aliphatic heterocycles. The van der Waals surface area contributed by atoms with E-state index < -0.39 is 17.7 Å². The largest absolute Gasteiger partial charge is 0.353 e. The number of benzene rings is 1. The molecule has 0 heterocycles. The second-order valence-electron chi connectivity index (χ2n) is 6.55. The van der Waals surface area contributed by atoms with Crippen LogP contribution in [0.25, 0.3) is 0 Å². The van der Waals surface area contributed by atoms with Crippen molar-refractivity contribution in [2.75, 3.05) is 0 Å². The van der Waals surface area contributed by atoms with Crippen molar-refractivity contribution in [1.29, 1.82) is 0 Å². The molecule has 0 bridgehead atoms. The van der Waals surface area contributed by atoms with E-state index in [1.165, 1.54) is 6.07 Å². The average molecular weight is 338 g/mol. The van der Waals surface area contributed by atoms with Gasteiger partial charge in [-0.1, -0.05) is 18.9 Å². The molecule has 132 valence electrons. The highest BCUT2D eigenvalue weighted by atomic mass is 19.1. The zero-order valence-corrected chi connectivity index (χ0v) is 14.1. The highest BCUT2D eigenvalue weighted by molar-refractivity contribution is 5.81. The molecular weight excluding hydrogens is 314 g/mol. The fourth-order valence-electron chi connectivity index (χ4n) is 3.11. The van der Waals surface area contributed by atoms with Gasteiger partial charge in [0, 0.05) is 30.0 Å². The summed E-state index contributed by atoms with van der Waals surface area (Å²) < 4.78 is 26.6. The van der Waals surface area contributed by atoms with Crippen LogP contribution < -0.4 is 10.6 Å². The van der Waals surface area contributed by atoms with Gasteiger partial charge >= 0.3 is 0 Å². The monoisotopic (exact) mass is 338 g/mol. The molecule has 2 amide bonds. The fourth-order valence-corrected chi connectivity index (χ4v) is 3.11. The Kier molecular flexibility index (Phi) is 6.29. The molecule has 2 rings (SSSR count). The zero-order valence-electron chi connectivity index (χ0n) is 14.1. The van der Waals surface area contributed by atoms with Crippen LogP contribution in [0.2, 0.25) is 0 Å². The minimum Gasteiger partial charge on any atom is -0.353 e.